The number of hydrogen-bond acceptors (Lipinski definition) is 4. The predicted molar refractivity (Wildman–Crippen MR) is 121 cm³/mol. The molecule has 1 aromatic rings. The van der Waals surface area contributed by atoms with E-state index < -0.39 is 0 Å². The second kappa shape index (κ2) is 10.3. The molecule has 2 aliphatic rings. The first kappa shape index (κ1) is 22.6. The number of aliphatic imine (C=N–C) groups is 1. The second-order valence-electron chi connectivity index (χ2n) is 10.4. The molecule has 29 heavy (non-hydrogen) atoms. The maximum atomic E-state index is 6.04. The van der Waals surface area contributed by atoms with Gasteiger partial charge in [0.1, 0.15) is 5.76 Å². The van der Waals surface area contributed by atoms with E-state index in [1.165, 1.54) is 38.8 Å². The lowest BCUT2D eigenvalue weighted by Gasteiger charge is -2.44. The highest BCUT2D eigenvalue weighted by molar-refractivity contribution is 5.66. The van der Waals surface area contributed by atoms with Crippen LogP contribution in [0, 0.1) is 11.3 Å². The molecule has 1 aromatic heterocycles. The molecule has 4 heteroatoms. The van der Waals surface area contributed by atoms with E-state index in [1.807, 2.05) is 6.07 Å². The summed E-state index contributed by atoms with van der Waals surface area (Å²) in [6, 6.07) is 4.14. The van der Waals surface area contributed by atoms with Crippen molar-refractivity contribution >= 4 is 6.21 Å². The lowest BCUT2D eigenvalue weighted by molar-refractivity contribution is -0.0897. The summed E-state index contributed by atoms with van der Waals surface area (Å²) in [4.78, 5) is 7.64. The first-order valence-corrected chi connectivity index (χ1v) is 11.8. The maximum absolute atomic E-state index is 6.04. The van der Waals surface area contributed by atoms with Gasteiger partial charge in [0.25, 0.3) is 0 Å². The Kier molecular flexibility index (Phi) is 7.98. The molecule has 0 amide bonds. The van der Waals surface area contributed by atoms with Gasteiger partial charge in [-0.25, -0.2) is 0 Å². The zero-order chi connectivity index (χ0) is 20.7. The summed E-state index contributed by atoms with van der Waals surface area (Å²) in [6.45, 7) is 14.4. The topological polar surface area (TPSA) is 38.0 Å². The van der Waals surface area contributed by atoms with Crippen LogP contribution in [-0.4, -0.2) is 49.5 Å². The molecular formula is C25H42N2O2. The lowest BCUT2D eigenvalue weighted by Crippen LogP contribution is -2.48. The van der Waals surface area contributed by atoms with E-state index in [0.29, 0.717) is 5.92 Å². The summed E-state index contributed by atoms with van der Waals surface area (Å²) in [7, 11) is 0. The number of likely N-dealkylation sites (tertiary alicyclic amines) is 1. The van der Waals surface area contributed by atoms with Gasteiger partial charge in [-0.05, 0) is 83.5 Å². The fraction of sp³-hybridized carbons (Fsp3) is 0.800. The van der Waals surface area contributed by atoms with Crippen molar-refractivity contribution in [1.82, 2.24) is 4.90 Å². The van der Waals surface area contributed by atoms with Crippen LogP contribution in [0.25, 0.3) is 0 Å². The largest absolute Gasteiger partial charge is 0.469 e. The van der Waals surface area contributed by atoms with E-state index in [9.17, 15) is 0 Å². The van der Waals surface area contributed by atoms with Gasteiger partial charge in [0.15, 0.2) is 0 Å². The van der Waals surface area contributed by atoms with Crippen LogP contribution in [0.2, 0.25) is 0 Å². The first-order valence-electron chi connectivity index (χ1n) is 11.8. The van der Waals surface area contributed by atoms with Gasteiger partial charge in [-0.1, -0.05) is 20.3 Å². The van der Waals surface area contributed by atoms with Gasteiger partial charge in [-0.15, -0.1) is 0 Å². The molecule has 0 aliphatic carbocycles. The van der Waals surface area contributed by atoms with Crippen molar-refractivity contribution < 1.29 is 9.15 Å². The van der Waals surface area contributed by atoms with E-state index in [4.69, 9.17) is 14.1 Å². The maximum Gasteiger partial charge on any atom is 0.106 e. The van der Waals surface area contributed by atoms with Crippen molar-refractivity contribution in [3.05, 3.63) is 24.2 Å². The van der Waals surface area contributed by atoms with E-state index in [2.05, 4.69) is 44.9 Å². The summed E-state index contributed by atoms with van der Waals surface area (Å²) in [5.74, 6) is 2.33. The van der Waals surface area contributed by atoms with Crippen LogP contribution in [0.4, 0.5) is 0 Å². The Labute approximate surface area is 178 Å². The van der Waals surface area contributed by atoms with Crippen molar-refractivity contribution in [3.63, 3.8) is 0 Å². The molecule has 3 heterocycles. The van der Waals surface area contributed by atoms with Crippen molar-refractivity contribution in [2.45, 2.75) is 84.2 Å². The minimum absolute atomic E-state index is 0.0576. The lowest BCUT2D eigenvalue weighted by atomic mass is 9.74. The van der Waals surface area contributed by atoms with Crippen molar-refractivity contribution in [1.29, 1.82) is 0 Å². The van der Waals surface area contributed by atoms with Gasteiger partial charge >= 0.3 is 0 Å². The Bertz CT molecular complexity index is 617. The summed E-state index contributed by atoms with van der Waals surface area (Å²) in [5, 5.41) is 0. The highest BCUT2D eigenvalue weighted by Gasteiger charge is 2.41. The average molecular weight is 403 g/mol. The van der Waals surface area contributed by atoms with Gasteiger partial charge in [0.05, 0.1) is 11.9 Å². The molecule has 4 nitrogen and oxygen atoms in total. The van der Waals surface area contributed by atoms with Crippen LogP contribution in [0.1, 0.15) is 84.3 Å². The monoisotopic (exact) mass is 402 g/mol. The van der Waals surface area contributed by atoms with E-state index in [1.54, 1.807) is 6.26 Å². The fourth-order valence-corrected chi connectivity index (χ4v) is 5.17. The van der Waals surface area contributed by atoms with Crippen LogP contribution in [0.3, 0.4) is 0 Å². The Balaban J connectivity index is 1.61. The smallest absolute Gasteiger partial charge is 0.106 e. The number of ether oxygens (including phenoxy) is 1. The quantitative estimate of drug-likeness (QED) is 0.455. The van der Waals surface area contributed by atoms with Crippen molar-refractivity contribution in [2.75, 3.05) is 32.8 Å². The SMILES string of the molecule is CC(C)CCC(CCN=CC1(CN2CCCC2)CCOC(C)(C)C1)c1ccco1. The molecule has 0 bridgehead atoms. The van der Waals surface area contributed by atoms with Crippen molar-refractivity contribution in [2.24, 2.45) is 16.3 Å². The second-order valence-corrected chi connectivity index (χ2v) is 10.4. The molecule has 0 radical (unpaired) electrons. The molecule has 2 fully saturated rings. The van der Waals surface area contributed by atoms with Crippen LogP contribution in [-0.2, 0) is 4.74 Å². The molecule has 0 spiro atoms. The van der Waals surface area contributed by atoms with Gasteiger partial charge in [0.2, 0.25) is 0 Å². The molecule has 2 atom stereocenters. The summed E-state index contributed by atoms with van der Waals surface area (Å²) >= 11 is 0. The zero-order valence-corrected chi connectivity index (χ0v) is 19.2. The number of rotatable bonds is 10. The highest BCUT2D eigenvalue weighted by Crippen LogP contribution is 2.39. The zero-order valence-electron chi connectivity index (χ0n) is 19.2. The predicted octanol–water partition coefficient (Wildman–Crippen LogP) is 5.93. The summed E-state index contributed by atoms with van der Waals surface area (Å²) < 4.78 is 11.8. The average Bonchev–Trinajstić information content (AvgIpc) is 3.34. The summed E-state index contributed by atoms with van der Waals surface area (Å²) in [5.41, 5.74) is 0.0994. The van der Waals surface area contributed by atoms with E-state index in [0.717, 1.165) is 50.6 Å². The Hall–Kier alpha value is -1.13. The molecule has 164 valence electrons. The van der Waals surface area contributed by atoms with Crippen LogP contribution < -0.4 is 0 Å². The van der Waals surface area contributed by atoms with Crippen LogP contribution in [0.15, 0.2) is 27.8 Å². The molecule has 3 rings (SSSR count). The third-order valence-corrected chi connectivity index (χ3v) is 6.62. The molecule has 2 aliphatic heterocycles. The van der Waals surface area contributed by atoms with E-state index >= 15 is 0 Å². The third kappa shape index (κ3) is 6.96. The highest BCUT2D eigenvalue weighted by atomic mass is 16.5. The number of furan rings is 1. The molecule has 2 saturated heterocycles. The normalized spacial score (nSPS) is 26.5. The van der Waals surface area contributed by atoms with Gasteiger partial charge in [-0.3, -0.25) is 4.99 Å². The molecule has 0 saturated carbocycles. The minimum Gasteiger partial charge on any atom is -0.469 e. The molecule has 0 aromatic carbocycles. The Morgan fingerprint density at radius 3 is 2.62 bits per heavy atom. The fourth-order valence-electron chi connectivity index (χ4n) is 5.17. The number of hydrogen-bond donors (Lipinski definition) is 0. The molecule has 2 unspecified atom stereocenters. The third-order valence-electron chi connectivity index (χ3n) is 6.62. The van der Waals surface area contributed by atoms with Crippen LogP contribution >= 0.6 is 0 Å². The van der Waals surface area contributed by atoms with Crippen LogP contribution in [0.5, 0.6) is 0 Å². The van der Waals surface area contributed by atoms with Gasteiger partial charge in [0, 0.05) is 37.2 Å². The Morgan fingerprint density at radius 2 is 1.97 bits per heavy atom. The first-order chi connectivity index (χ1) is 13.9. The van der Waals surface area contributed by atoms with E-state index in [-0.39, 0.29) is 11.0 Å². The minimum atomic E-state index is -0.0576. The molecular weight excluding hydrogens is 360 g/mol. The summed E-state index contributed by atoms with van der Waals surface area (Å²) in [6.07, 6.45) is 12.4. The van der Waals surface area contributed by atoms with Crippen molar-refractivity contribution in [3.8, 4) is 0 Å². The molecule has 0 N–H and O–H groups in total. The number of nitrogens with zero attached hydrogens (tertiary/aromatic N) is 2. The Morgan fingerprint density at radius 1 is 1.17 bits per heavy atom. The van der Waals surface area contributed by atoms with Gasteiger partial charge < -0.3 is 14.1 Å². The standard InChI is InChI=1S/C25H42N2O2/c1-21(2)9-10-22(23-8-7-16-28-23)11-13-26-19-25(20-27-14-5-6-15-27)12-17-29-24(3,4)18-25/h7-8,16,19,21-22H,5-6,9-15,17-18,20H2,1-4H3. The van der Waals surface area contributed by atoms with Gasteiger partial charge in [-0.2, -0.15) is 0 Å².